The lowest BCUT2D eigenvalue weighted by Crippen LogP contribution is -2.22. The van der Waals surface area contributed by atoms with Crippen molar-refractivity contribution in [2.45, 2.75) is 26.8 Å². The summed E-state index contributed by atoms with van der Waals surface area (Å²) in [5.41, 5.74) is 5.46. The number of aryl methyl sites for hydroxylation is 2. The minimum absolute atomic E-state index is 0.325. The van der Waals surface area contributed by atoms with Gasteiger partial charge in [0.15, 0.2) is 0 Å². The molecule has 1 atom stereocenters. The zero-order valence-corrected chi connectivity index (χ0v) is 11.5. The lowest BCUT2D eigenvalue weighted by molar-refractivity contribution is 0.629. The lowest BCUT2D eigenvalue weighted by atomic mass is 9.97. The van der Waals surface area contributed by atoms with Gasteiger partial charge >= 0.3 is 0 Å². The predicted molar refractivity (Wildman–Crippen MR) is 75.8 cm³/mol. The molecule has 1 unspecified atom stereocenters. The highest BCUT2D eigenvalue weighted by molar-refractivity contribution is 7.08. The van der Waals surface area contributed by atoms with Gasteiger partial charge in [0.05, 0.1) is 6.04 Å². The van der Waals surface area contributed by atoms with E-state index in [4.69, 9.17) is 0 Å². The molecule has 1 aromatic heterocycles. The fourth-order valence-corrected chi connectivity index (χ4v) is 3.00. The second-order valence-corrected chi connectivity index (χ2v) is 5.16. The Hall–Kier alpha value is -1.12. The first-order valence-electron chi connectivity index (χ1n) is 6.05. The summed E-state index contributed by atoms with van der Waals surface area (Å²) in [5.74, 6) is 0. The van der Waals surface area contributed by atoms with Crippen LogP contribution in [0.2, 0.25) is 0 Å². The van der Waals surface area contributed by atoms with Crippen LogP contribution in [0.25, 0.3) is 0 Å². The van der Waals surface area contributed by atoms with Crippen molar-refractivity contribution in [2.75, 3.05) is 6.54 Å². The summed E-state index contributed by atoms with van der Waals surface area (Å²) < 4.78 is 0. The molecule has 0 saturated carbocycles. The average Bonchev–Trinajstić information content (AvgIpc) is 2.72. The molecule has 1 N–H and O–H groups in total. The zero-order chi connectivity index (χ0) is 12.3. The van der Waals surface area contributed by atoms with Crippen molar-refractivity contribution >= 4 is 11.3 Å². The van der Waals surface area contributed by atoms with Crippen molar-refractivity contribution in [3.63, 3.8) is 0 Å². The van der Waals surface area contributed by atoms with Gasteiger partial charge < -0.3 is 5.32 Å². The van der Waals surface area contributed by atoms with E-state index >= 15 is 0 Å². The van der Waals surface area contributed by atoms with Crippen molar-refractivity contribution in [1.82, 2.24) is 5.32 Å². The SMILES string of the molecule is CCNC(c1cccc(C)c1)c1cscc1C. The molecule has 1 heterocycles. The van der Waals surface area contributed by atoms with E-state index < -0.39 is 0 Å². The number of thiophene rings is 1. The van der Waals surface area contributed by atoms with Crippen molar-refractivity contribution in [2.24, 2.45) is 0 Å². The second-order valence-electron chi connectivity index (χ2n) is 4.41. The largest absolute Gasteiger partial charge is 0.306 e. The molecule has 0 aliphatic carbocycles. The lowest BCUT2D eigenvalue weighted by Gasteiger charge is -2.19. The average molecular weight is 245 g/mol. The van der Waals surface area contributed by atoms with Crippen molar-refractivity contribution in [1.29, 1.82) is 0 Å². The molecule has 0 amide bonds. The number of benzene rings is 1. The Morgan fingerprint density at radius 1 is 1.24 bits per heavy atom. The van der Waals surface area contributed by atoms with E-state index in [2.05, 4.69) is 61.1 Å². The normalized spacial score (nSPS) is 12.6. The number of hydrogen-bond acceptors (Lipinski definition) is 2. The standard InChI is InChI=1S/C15H19NS/c1-4-16-15(14-10-17-9-12(14)3)13-7-5-6-11(2)8-13/h5-10,15-16H,4H2,1-3H3. The maximum atomic E-state index is 3.58. The Morgan fingerprint density at radius 3 is 2.65 bits per heavy atom. The van der Waals surface area contributed by atoms with Crippen LogP contribution in [0.1, 0.15) is 35.2 Å². The van der Waals surface area contributed by atoms with E-state index in [-0.39, 0.29) is 0 Å². The summed E-state index contributed by atoms with van der Waals surface area (Å²) in [6.07, 6.45) is 0. The van der Waals surface area contributed by atoms with Gasteiger partial charge in [-0.05, 0) is 47.8 Å². The van der Waals surface area contributed by atoms with Gasteiger partial charge in [0, 0.05) is 0 Å². The summed E-state index contributed by atoms with van der Waals surface area (Å²) in [6, 6.07) is 9.08. The fourth-order valence-electron chi connectivity index (χ4n) is 2.13. The third-order valence-electron chi connectivity index (χ3n) is 2.99. The highest BCUT2D eigenvalue weighted by Gasteiger charge is 2.15. The predicted octanol–water partition coefficient (Wildman–Crippen LogP) is 4.06. The van der Waals surface area contributed by atoms with E-state index in [0.717, 1.165) is 6.54 Å². The highest BCUT2D eigenvalue weighted by atomic mass is 32.1. The molecule has 17 heavy (non-hydrogen) atoms. The minimum Gasteiger partial charge on any atom is -0.306 e. The molecule has 1 nitrogen and oxygen atoms in total. The molecule has 2 aromatic rings. The van der Waals surface area contributed by atoms with Crippen LogP contribution in [0.5, 0.6) is 0 Å². The van der Waals surface area contributed by atoms with Crippen LogP contribution in [0, 0.1) is 13.8 Å². The fraction of sp³-hybridized carbons (Fsp3) is 0.333. The maximum Gasteiger partial charge on any atom is 0.0587 e. The third-order valence-corrected chi connectivity index (χ3v) is 3.87. The second kappa shape index (κ2) is 5.48. The molecule has 0 bridgehead atoms. The van der Waals surface area contributed by atoms with Gasteiger partial charge in [-0.3, -0.25) is 0 Å². The summed E-state index contributed by atoms with van der Waals surface area (Å²) in [7, 11) is 0. The molecule has 0 aliphatic heterocycles. The third kappa shape index (κ3) is 2.76. The molecule has 1 aromatic carbocycles. The van der Waals surface area contributed by atoms with Crippen LogP contribution in [0.3, 0.4) is 0 Å². The van der Waals surface area contributed by atoms with Gasteiger partial charge in [0.25, 0.3) is 0 Å². The smallest absolute Gasteiger partial charge is 0.0587 e. The minimum atomic E-state index is 0.325. The first-order chi connectivity index (χ1) is 8.22. The molecule has 0 spiro atoms. The highest BCUT2D eigenvalue weighted by Crippen LogP contribution is 2.27. The molecular weight excluding hydrogens is 226 g/mol. The first kappa shape index (κ1) is 12.3. The van der Waals surface area contributed by atoms with Gasteiger partial charge in [0.1, 0.15) is 0 Å². The first-order valence-corrected chi connectivity index (χ1v) is 6.99. The molecule has 2 heteroatoms. The van der Waals surface area contributed by atoms with E-state index in [1.54, 1.807) is 11.3 Å². The van der Waals surface area contributed by atoms with E-state index in [1.807, 2.05) is 0 Å². The summed E-state index contributed by atoms with van der Waals surface area (Å²) in [5, 5.41) is 8.05. The topological polar surface area (TPSA) is 12.0 Å². The molecule has 0 saturated heterocycles. The van der Waals surface area contributed by atoms with Crippen LogP contribution in [-0.2, 0) is 0 Å². The summed E-state index contributed by atoms with van der Waals surface area (Å²) in [6.45, 7) is 7.47. The monoisotopic (exact) mass is 245 g/mol. The van der Waals surface area contributed by atoms with E-state index in [0.29, 0.717) is 6.04 Å². The summed E-state index contributed by atoms with van der Waals surface area (Å²) in [4.78, 5) is 0. The number of rotatable bonds is 4. The number of hydrogen-bond donors (Lipinski definition) is 1. The van der Waals surface area contributed by atoms with Crippen LogP contribution < -0.4 is 5.32 Å². The quantitative estimate of drug-likeness (QED) is 0.856. The van der Waals surface area contributed by atoms with Crippen LogP contribution in [0.4, 0.5) is 0 Å². The molecule has 0 radical (unpaired) electrons. The Morgan fingerprint density at radius 2 is 2.06 bits per heavy atom. The van der Waals surface area contributed by atoms with Gasteiger partial charge in [-0.15, -0.1) is 0 Å². The summed E-state index contributed by atoms with van der Waals surface area (Å²) >= 11 is 1.78. The van der Waals surface area contributed by atoms with Crippen molar-refractivity contribution < 1.29 is 0 Å². The number of nitrogens with one attached hydrogen (secondary N) is 1. The molecule has 0 aliphatic rings. The van der Waals surface area contributed by atoms with Gasteiger partial charge in [-0.2, -0.15) is 11.3 Å². The van der Waals surface area contributed by atoms with Gasteiger partial charge in [-0.1, -0.05) is 36.8 Å². The van der Waals surface area contributed by atoms with Crippen molar-refractivity contribution in [3.05, 3.63) is 57.3 Å². The zero-order valence-electron chi connectivity index (χ0n) is 10.7. The Bertz CT molecular complexity index is 487. The Balaban J connectivity index is 2.39. The van der Waals surface area contributed by atoms with Gasteiger partial charge in [-0.25, -0.2) is 0 Å². The van der Waals surface area contributed by atoms with E-state index in [1.165, 1.54) is 22.3 Å². The van der Waals surface area contributed by atoms with Gasteiger partial charge in [0.2, 0.25) is 0 Å². The molecule has 90 valence electrons. The molecule has 2 rings (SSSR count). The maximum absolute atomic E-state index is 3.58. The van der Waals surface area contributed by atoms with E-state index in [9.17, 15) is 0 Å². The Labute approximate surface area is 108 Å². The van der Waals surface area contributed by atoms with Crippen LogP contribution in [-0.4, -0.2) is 6.54 Å². The van der Waals surface area contributed by atoms with Crippen molar-refractivity contribution in [3.8, 4) is 0 Å². The Kier molecular flexibility index (Phi) is 3.97. The van der Waals surface area contributed by atoms with Crippen LogP contribution >= 0.6 is 11.3 Å². The molecule has 0 fully saturated rings. The molecular formula is C15H19NS. The van der Waals surface area contributed by atoms with Crippen LogP contribution in [0.15, 0.2) is 35.0 Å².